The number of likely N-dealkylation sites (N-methyl/N-ethyl adjacent to an activating group) is 1. The number of ether oxygens (including phenoxy) is 2. The van der Waals surface area contributed by atoms with Gasteiger partial charge in [0.15, 0.2) is 0 Å². The molecule has 1 unspecified atom stereocenters. The fourth-order valence-electron chi connectivity index (χ4n) is 2.02. The average Bonchev–Trinajstić information content (AvgIpc) is 2.34. The molecule has 0 fully saturated rings. The van der Waals surface area contributed by atoms with Gasteiger partial charge < -0.3 is 19.7 Å². The molecule has 0 saturated carbocycles. The minimum absolute atomic E-state index is 0.122. The second-order valence-electron chi connectivity index (χ2n) is 5.36. The highest BCUT2D eigenvalue weighted by Crippen LogP contribution is 2.16. The van der Waals surface area contributed by atoms with Gasteiger partial charge in [-0.15, -0.1) is 0 Å². The van der Waals surface area contributed by atoms with E-state index in [1.807, 2.05) is 0 Å². The van der Waals surface area contributed by atoms with Crippen LogP contribution in [0, 0.1) is 0 Å². The third-order valence-corrected chi connectivity index (χ3v) is 3.50. The van der Waals surface area contributed by atoms with Gasteiger partial charge in [0.1, 0.15) is 0 Å². The Morgan fingerprint density at radius 2 is 1.89 bits per heavy atom. The quantitative estimate of drug-likeness (QED) is 0.574. The normalized spacial score (nSPS) is 14.2. The van der Waals surface area contributed by atoms with E-state index in [2.05, 4.69) is 38.0 Å². The standard InChI is InChI=1S/C14H32N2O2/c1-7-15-13(14(2,3)18-6)9-11-16(4)10-8-12-17-5/h13,15H,7-12H2,1-6H3. The molecule has 0 radical (unpaired) electrons. The Morgan fingerprint density at radius 3 is 2.39 bits per heavy atom. The summed E-state index contributed by atoms with van der Waals surface area (Å²) in [5.41, 5.74) is -0.122. The van der Waals surface area contributed by atoms with Gasteiger partial charge in [-0.1, -0.05) is 6.92 Å². The number of rotatable bonds is 11. The van der Waals surface area contributed by atoms with Crippen molar-refractivity contribution >= 4 is 0 Å². The van der Waals surface area contributed by atoms with Crippen LogP contribution in [0.1, 0.15) is 33.6 Å². The predicted octanol–water partition coefficient (Wildman–Crippen LogP) is 1.75. The van der Waals surface area contributed by atoms with Crippen molar-refractivity contribution in [2.45, 2.75) is 45.3 Å². The maximum atomic E-state index is 5.58. The van der Waals surface area contributed by atoms with Gasteiger partial charge in [-0.2, -0.15) is 0 Å². The number of hydrogen-bond acceptors (Lipinski definition) is 4. The van der Waals surface area contributed by atoms with E-state index in [0.29, 0.717) is 6.04 Å². The molecule has 18 heavy (non-hydrogen) atoms. The van der Waals surface area contributed by atoms with Crippen molar-refractivity contribution in [3.8, 4) is 0 Å². The summed E-state index contributed by atoms with van der Waals surface area (Å²) in [6.45, 7) is 10.4. The maximum absolute atomic E-state index is 5.58. The van der Waals surface area contributed by atoms with Crippen molar-refractivity contribution in [2.24, 2.45) is 0 Å². The minimum Gasteiger partial charge on any atom is -0.385 e. The fraction of sp³-hybridized carbons (Fsp3) is 1.00. The molecule has 0 saturated heterocycles. The second kappa shape index (κ2) is 9.73. The monoisotopic (exact) mass is 260 g/mol. The molecule has 0 spiro atoms. The van der Waals surface area contributed by atoms with E-state index in [9.17, 15) is 0 Å². The summed E-state index contributed by atoms with van der Waals surface area (Å²) in [7, 11) is 5.70. The summed E-state index contributed by atoms with van der Waals surface area (Å²) in [4.78, 5) is 2.36. The van der Waals surface area contributed by atoms with Crippen LogP contribution in [0.25, 0.3) is 0 Å². The van der Waals surface area contributed by atoms with E-state index < -0.39 is 0 Å². The molecule has 0 aromatic carbocycles. The number of nitrogens with zero attached hydrogens (tertiary/aromatic N) is 1. The number of hydrogen-bond donors (Lipinski definition) is 1. The van der Waals surface area contributed by atoms with E-state index >= 15 is 0 Å². The molecule has 4 nitrogen and oxygen atoms in total. The van der Waals surface area contributed by atoms with Crippen LogP contribution >= 0.6 is 0 Å². The molecule has 0 aromatic heterocycles. The van der Waals surface area contributed by atoms with Gasteiger partial charge in [-0.05, 0) is 46.8 Å². The van der Waals surface area contributed by atoms with Gasteiger partial charge in [0.2, 0.25) is 0 Å². The first kappa shape index (κ1) is 17.8. The molecule has 1 N–H and O–H groups in total. The Labute approximate surface area is 113 Å². The summed E-state index contributed by atoms with van der Waals surface area (Å²) in [6.07, 6.45) is 2.19. The zero-order valence-electron chi connectivity index (χ0n) is 13.1. The van der Waals surface area contributed by atoms with Crippen LogP contribution in [-0.2, 0) is 9.47 Å². The van der Waals surface area contributed by atoms with Gasteiger partial charge in [0, 0.05) is 33.4 Å². The molecule has 0 bridgehead atoms. The van der Waals surface area contributed by atoms with E-state index in [1.165, 1.54) is 0 Å². The first-order valence-electron chi connectivity index (χ1n) is 6.94. The lowest BCUT2D eigenvalue weighted by molar-refractivity contribution is -0.0140. The van der Waals surface area contributed by atoms with E-state index in [-0.39, 0.29) is 5.60 Å². The summed E-state index contributed by atoms with van der Waals surface area (Å²) in [6, 6.07) is 0.386. The van der Waals surface area contributed by atoms with Gasteiger partial charge in [0.25, 0.3) is 0 Å². The molecular formula is C14H32N2O2. The molecule has 0 heterocycles. The largest absolute Gasteiger partial charge is 0.385 e. The van der Waals surface area contributed by atoms with Crippen LogP contribution < -0.4 is 5.32 Å². The minimum atomic E-state index is -0.122. The van der Waals surface area contributed by atoms with E-state index in [1.54, 1.807) is 14.2 Å². The molecule has 0 aromatic rings. The summed E-state index contributed by atoms with van der Waals surface area (Å²) in [5.74, 6) is 0. The zero-order valence-corrected chi connectivity index (χ0v) is 13.1. The van der Waals surface area contributed by atoms with Gasteiger partial charge in [-0.25, -0.2) is 0 Å². The highest BCUT2D eigenvalue weighted by atomic mass is 16.5. The lowest BCUT2D eigenvalue weighted by Crippen LogP contribution is -2.49. The van der Waals surface area contributed by atoms with Gasteiger partial charge in [0.05, 0.1) is 5.60 Å². The lowest BCUT2D eigenvalue weighted by atomic mass is 9.95. The topological polar surface area (TPSA) is 33.7 Å². The Hall–Kier alpha value is -0.160. The molecule has 110 valence electrons. The van der Waals surface area contributed by atoms with E-state index in [4.69, 9.17) is 9.47 Å². The van der Waals surface area contributed by atoms with Gasteiger partial charge >= 0.3 is 0 Å². The van der Waals surface area contributed by atoms with Crippen molar-refractivity contribution in [1.29, 1.82) is 0 Å². The van der Waals surface area contributed by atoms with Gasteiger partial charge in [-0.3, -0.25) is 0 Å². The molecule has 0 rings (SSSR count). The molecule has 0 amide bonds. The Morgan fingerprint density at radius 1 is 1.22 bits per heavy atom. The van der Waals surface area contributed by atoms with Crippen molar-refractivity contribution in [2.75, 3.05) is 47.5 Å². The molecule has 0 aliphatic heterocycles. The zero-order chi connectivity index (χ0) is 14.0. The Kier molecular flexibility index (Phi) is 9.64. The fourth-order valence-corrected chi connectivity index (χ4v) is 2.02. The molecule has 0 aliphatic rings. The predicted molar refractivity (Wildman–Crippen MR) is 77.2 cm³/mol. The van der Waals surface area contributed by atoms with Crippen molar-refractivity contribution in [3.63, 3.8) is 0 Å². The Bertz CT molecular complexity index is 198. The third kappa shape index (κ3) is 7.31. The number of nitrogens with one attached hydrogen (secondary N) is 1. The maximum Gasteiger partial charge on any atom is 0.0775 e. The van der Waals surface area contributed by atoms with Crippen molar-refractivity contribution in [3.05, 3.63) is 0 Å². The first-order chi connectivity index (χ1) is 8.47. The van der Waals surface area contributed by atoms with Crippen LogP contribution in [0.2, 0.25) is 0 Å². The number of methoxy groups -OCH3 is 2. The highest BCUT2D eigenvalue weighted by Gasteiger charge is 2.28. The van der Waals surface area contributed by atoms with Crippen molar-refractivity contribution < 1.29 is 9.47 Å². The van der Waals surface area contributed by atoms with E-state index in [0.717, 1.165) is 39.1 Å². The third-order valence-electron chi connectivity index (χ3n) is 3.50. The highest BCUT2D eigenvalue weighted by molar-refractivity contribution is 4.85. The van der Waals surface area contributed by atoms with Crippen LogP contribution in [0.4, 0.5) is 0 Å². The Balaban J connectivity index is 4.03. The summed E-state index contributed by atoms with van der Waals surface area (Å²) >= 11 is 0. The summed E-state index contributed by atoms with van der Waals surface area (Å²) in [5, 5.41) is 3.52. The van der Waals surface area contributed by atoms with Crippen LogP contribution in [-0.4, -0.2) is 64.1 Å². The second-order valence-corrected chi connectivity index (χ2v) is 5.36. The van der Waals surface area contributed by atoms with Crippen molar-refractivity contribution in [1.82, 2.24) is 10.2 Å². The smallest absolute Gasteiger partial charge is 0.0775 e. The lowest BCUT2D eigenvalue weighted by Gasteiger charge is -2.34. The van der Waals surface area contributed by atoms with Crippen LogP contribution in [0.3, 0.4) is 0 Å². The summed E-state index contributed by atoms with van der Waals surface area (Å²) < 4.78 is 10.7. The van der Waals surface area contributed by atoms with Crippen LogP contribution in [0.15, 0.2) is 0 Å². The molecular weight excluding hydrogens is 228 g/mol. The molecule has 1 atom stereocenters. The first-order valence-corrected chi connectivity index (χ1v) is 6.94. The van der Waals surface area contributed by atoms with Crippen LogP contribution in [0.5, 0.6) is 0 Å². The molecule has 4 heteroatoms. The average molecular weight is 260 g/mol. The molecule has 0 aliphatic carbocycles. The SMILES string of the molecule is CCNC(CCN(C)CCCOC)C(C)(C)OC.